The highest BCUT2D eigenvalue weighted by Crippen LogP contribution is 2.36. The number of aromatic nitrogens is 2. The Balaban J connectivity index is 1.80. The summed E-state index contributed by atoms with van der Waals surface area (Å²) in [4.78, 5) is 14.8. The van der Waals surface area contributed by atoms with Gasteiger partial charge in [0.05, 0.1) is 11.8 Å². The third kappa shape index (κ3) is 2.17. The van der Waals surface area contributed by atoms with E-state index < -0.39 is 0 Å². The van der Waals surface area contributed by atoms with Crippen molar-refractivity contribution in [1.29, 1.82) is 0 Å². The Morgan fingerprint density at radius 2 is 2.32 bits per heavy atom. The van der Waals surface area contributed by atoms with Crippen molar-refractivity contribution in [2.75, 3.05) is 6.54 Å². The molecule has 2 aliphatic rings. The van der Waals surface area contributed by atoms with Gasteiger partial charge in [-0.3, -0.25) is 9.48 Å². The fourth-order valence-corrected chi connectivity index (χ4v) is 3.64. The predicted octanol–water partition coefficient (Wildman–Crippen LogP) is 2.62. The van der Waals surface area contributed by atoms with E-state index in [-0.39, 0.29) is 5.91 Å². The summed E-state index contributed by atoms with van der Waals surface area (Å²) in [6.07, 6.45) is 7.79. The predicted molar refractivity (Wildman–Crippen MR) is 74.0 cm³/mol. The second-order valence-corrected chi connectivity index (χ2v) is 6.01. The molecular weight excluding hydrogens is 238 g/mol. The standard InChI is InChI=1S/C15H23N3O/c1-3-7-18-11(2)14(9-16-18)15(19)17-10-12-5-4-6-13(17)8-12/h9,12-13H,3-8,10H2,1-2H3/t12-,13+/m1/s1. The van der Waals surface area contributed by atoms with Crippen LogP contribution in [0.15, 0.2) is 6.20 Å². The van der Waals surface area contributed by atoms with Gasteiger partial charge < -0.3 is 4.90 Å². The Morgan fingerprint density at radius 3 is 3.05 bits per heavy atom. The number of hydrogen-bond acceptors (Lipinski definition) is 2. The van der Waals surface area contributed by atoms with Gasteiger partial charge in [0, 0.05) is 24.8 Å². The van der Waals surface area contributed by atoms with Crippen molar-refractivity contribution in [2.24, 2.45) is 5.92 Å². The van der Waals surface area contributed by atoms with Gasteiger partial charge in [-0.25, -0.2) is 0 Å². The van der Waals surface area contributed by atoms with Gasteiger partial charge in [0.15, 0.2) is 0 Å². The number of likely N-dealkylation sites (tertiary alicyclic amines) is 1. The Hall–Kier alpha value is -1.32. The van der Waals surface area contributed by atoms with Crippen LogP contribution in [0.3, 0.4) is 0 Å². The molecule has 1 aliphatic heterocycles. The van der Waals surface area contributed by atoms with Crippen LogP contribution in [0.1, 0.15) is 55.1 Å². The third-order valence-electron chi connectivity index (χ3n) is 4.68. The van der Waals surface area contributed by atoms with Crippen LogP contribution < -0.4 is 0 Å². The van der Waals surface area contributed by atoms with Crippen molar-refractivity contribution < 1.29 is 4.79 Å². The highest BCUT2D eigenvalue weighted by atomic mass is 16.2. The molecule has 0 spiro atoms. The average Bonchev–Trinajstić information content (AvgIpc) is 2.91. The highest BCUT2D eigenvalue weighted by Gasteiger charge is 2.38. The topological polar surface area (TPSA) is 38.1 Å². The molecule has 0 radical (unpaired) electrons. The molecule has 2 bridgehead atoms. The summed E-state index contributed by atoms with van der Waals surface area (Å²) >= 11 is 0. The Kier molecular flexibility index (Phi) is 3.33. The van der Waals surface area contributed by atoms with Gasteiger partial charge in [-0.05, 0) is 38.5 Å². The first kappa shape index (κ1) is 12.7. The van der Waals surface area contributed by atoms with Crippen molar-refractivity contribution in [3.05, 3.63) is 17.5 Å². The van der Waals surface area contributed by atoms with E-state index in [1.807, 2.05) is 11.6 Å². The molecule has 2 fully saturated rings. The lowest BCUT2D eigenvalue weighted by Crippen LogP contribution is -2.35. The molecule has 1 aromatic rings. The van der Waals surface area contributed by atoms with Crippen LogP contribution in [-0.2, 0) is 6.54 Å². The number of rotatable bonds is 3. The number of fused-ring (bicyclic) bond motifs is 2. The summed E-state index contributed by atoms with van der Waals surface area (Å²) in [7, 11) is 0. The van der Waals surface area contributed by atoms with Gasteiger partial charge in [-0.15, -0.1) is 0 Å². The van der Waals surface area contributed by atoms with Gasteiger partial charge in [-0.2, -0.15) is 5.10 Å². The number of amides is 1. The lowest BCUT2D eigenvalue weighted by Gasteiger charge is -2.24. The van der Waals surface area contributed by atoms with Crippen LogP contribution in [0, 0.1) is 12.8 Å². The number of aryl methyl sites for hydroxylation is 1. The van der Waals surface area contributed by atoms with E-state index >= 15 is 0 Å². The lowest BCUT2D eigenvalue weighted by molar-refractivity contribution is 0.0732. The first-order valence-corrected chi connectivity index (χ1v) is 7.54. The Morgan fingerprint density at radius 1 is 1.47 bits per heavy atom. The van der Waals surface area contributed by atoms with Crippen LogP contribution in [-0.4, -0.2) is 33.2 Å². The van der Waals surface area contributed by atoms with Crippen molar-refractivity contribution in [3.8, 4) is 0 Å². The molecule has 4 nitrogen and oxygen atoms in total. The number of carbonyl (C=O) groups excluding carboxylic acids is 1. The smallest absolute Gasteiger partial charge is 0.257 e. The van der Waals surface area contributed by atoms with E-state index in [2.05, 4.69) is 16.9 Å². The van der Waals surface area contributed by atoms with Crippen LogP contribution in [0.25, 0.3) is 0 Å². The van der Waals surface area contributed by atoms with Crippen LogP contribution >= 0.6 is 0 Å². The van der Waals surface area contributed by atoms with Gasteiger partial charge in [-0.1, -0.05) is 13.3 Å². The lowest BCUT2D eigenvalue weighted by atomic mass is 9.90. The van der Waals surface area contributed by atoms with Crippen molar-refractivity contribution in [1.82, 2.24) is 14.7 Å². The molecule has 4 heteroatoms. The third-order valence-corrected chi connectivity index (χ3v) is 4.68. The molecule has 0 N–H and O–H groups in total. The highest BCUT2D eigenvalue weighted by molar-refractivity contribution is 5.95. The zero-order valence-electron chi connectivity index (χ0n) is 11.9. The van der Waals surface area contributed by atoms with E-state index in [9.17, 15) is 4.79 Å². The fourth-order valence-electron chi connectivity index (χ4n) is 3.64. The summed E-state index contributed by atoms with van der Waals surface area (Å²) in [5.41, 5.74) is 1.83. The first-order valence-electron chi connectivity index (χ1n) is 7.54. The molecule has 1 amide bonds. The van der Waals surface area contributed by atoms with Crippen molar-refractivity contribution in [2.45, 2.75) is 58.5 Å². The van der Waals surface area contributed by atoms with E-state index in [4.69, 9.17) is 0 Å². The second kappa shape index (κ2) is 4.99. The SMILES string of the molecule is CCCn1ncc(C(=O)N2C[C@@H]3CCC[C@H]2C3)c1C. The molecule has 0 unspecified atom stereocenters. The Labute approximate surface area is 114 Å². The minimum atomic E-state index is 0.203. The number of carbonyl (C=O) groups is 1. The molecule has 2 heterocycles. The monoisotopic (exact) mass is 261 g/mol. The van der Waals surface area contributed by atoms with Crippen LogP contribution in [0.5, 0.6) is 0 Å². The summed E-state index contributed by atoms with van der Waals surface area (Å²) in [5.74, 6) is 0.947. The Bertz CT molecular complexity index is 480. The van der Waals surface area contributed by atoms with Gasteiger partial charge >= 0.3 is 0 Å². The largest absolute Gasteiger partial charge is 0.335 e. The van der Waals surface area contributed by atoms with E-state index in [0.29, 0.717) is 6.04 Å². The van der Waals surface area contributed by atoms with Gasteiger partial charge in [0.1, 0.15) is 0 Å². The van der Waals surface area contributed by atoms with Crippen LogP contribution in [0.4, 0.5) is 0 Å². The fraction of sp³-hybridized carbons (Fsp3) is 0.733. The van der Waals surface area contributed by atoms with Crippen molar-refractivity contribution >= 4 is 5.91 Å². The van der Waals surface area contributed by atoms with Gasteiger partial charge in [0.25, 0.3) is 5.91 Å². The average molecular weight is 261 g/mol. The molecule has 19 heavy (non-hydrogen) atoms. The zero-order chi connectivity index (χ0) is 13.4. The minimum absolute atomic E-state index is 0.203. The van der Waals surface area contributed by atoms with E-state index in [1.165, 1.54) is 25.7 Å². The maximum absolute atomic E-state index is 12.7. The van der Waals surface area contributed by atoms with Crippen LogP contribution in [0.2, 0.25) is 0 Å². The normalized spacial score (nSPS) is 25.9. The number of nitrogens with zero attached hydrogens (tertiary/aromatic N) is 3. The first-order chi connectivity index (χ1) is 9.20. The second-order valence-electron chi connectivity index (χ2n) is 6.01. The number of hydrogen-bond donors (Lipinski definition) is 0. The zero-order valence-corrected chi connectivity index (χ0v) is 11.9. The molecule has 0 aromatic carbocycles. The summed E-state index contributed by atoms with van der Waals surface area (Å²) in [5, 5.41) is 4.35. The maximum Gasteiger partial charge on any atom is 0.257 e. The maximum atomic E-state index is 12.7. The van der Waals surface area contributed by atoms with E-state index in [1.54, 1.807) is 6.20 Å². The summed E-state index contributed by atoms with van der Waals surface area (Å²) in [6.45, 7) is 6.00. The molecule has 104 valence electrons. The summed E-state index contributed by atoms with van der Waals surface area (Å²) < 4.78 is 1.95. The van der Waals surface area contributed by atoms with Gasteiger partial charge in [0.2, 0.25) is 0 Å². The molecule has 3 rings (SSSR count). The minimum Gasteiger partial charge on any atom is -0.335 e. The molecule has 1 saturated carbocycles. The molecule has 1 aliphatic carbocycles. The van der Waals surface area contributed by atoms with E-state index in [0.717, 1.165) is 36.7 Å². The summed E-state index contributed by atoms with van der Waals surface area (Å²) in [6, 6.07) is 0.486. The molecular formula is C15H23N3O. The molecule has 1 aromatic heterocycles. The quantitative estimate of drug-likeness (QED) is 0.839. The van der Waals surface area contributed by atoms with Crippen molar-refractivity contribution in [3.63, 3.8) is 0 Å². The molecule has 1 saturated heterocycles. The molecule has 2 atom stereocenters.